The molecule has 5 rings (SSSR count). The predicted octanol–water partition coefficient (Wildman–Crippen LogP) is 6.58. The summed E-state index contributed by atoms with van der Waals surface area (Å²) in [6.07, 6.45) is 0. The number of phenolic OH excluding ortho intramolecular Hbond substituents is 2. The lowest BCUT2D eigenvalue weighted by Crippen LogP contribution is -2.15. The number of phenols is 2. The number of fused-ring (bicyclic) bond motifs is 2. The van der Waals surface area contributed by atoms with Gasteiger partial charge >= 0.3 is 0 Å². The zero-order valence-corrected chi connectivity index (χ0v) is 16.4. The average Bonchev–Trinajstić information content (AvgIpc) is 2.77. The molecule has 0 aliphatic carbocycles. The molecule has 31 heavy (non-hydrogen) atoms. The fourth-order valence-corrected chi connectivity index (χ4v) is 3.71. The molecule has 0 bridgehead atoms. The van der Waals surface area contributed by atoms with E-state index in [4.69, 9.17) is 4.74 Å². The van der Waals surface area contributed by atoms with Crippen molar-refractivity contribution in [2.24, 2.45) is 0 Å². The topological polar surface area (TPSA) is 52.9 Å². The van der Waals surface area contributed by atoms with Crippen LogP contribution in [0.25, 0.3) is 22.3 Å². The van der Waals surface area contributed by atoms with Gasteiger partial charge in [-0.3, -0.25) is 0 Å². The van der Waals surface area contributed by atoms with Crippen LogP contribution in [-0.4, -0.2) is 17.3 Å². The van der Waals surface area contributed by atoms with E-state index in [1.54, 1.807) is 12.1 Å². The van der Waals surface area contributed by atoms with Gasteiger partial charge in [0, 0.05) is 7.05 Å². The fraction of sp³-hybridized carbons (Fsp3) is 0.0400. The highest BCUT2D eigenvalue weighted by molar-refractivity contribution is 5.84. The molecule has 0 aromatic heterocycles. The van der Waals surface area contributed by atoms with Crippen molar-refractivity contribution >= 4 is 11.4 Å². The summed E-state index contributed by atoms with van der Waals surface area (Å²) in [4.78, 5) is 1.95. The third kappa shape index (κ3) is 3.22. The lowest BCUT2D eigenvalue weighted by atomic mass is 10.0. The minimum atomic E-state index is -0.684. The van der Waals surface area contributed by atoms with E-state index in [2.05, 4.69) is 0 Å². The quantitative estimate of drug-likeness (QED) is 0.387. The van der Waals surface area contributed by atoms with Crippen LogP contribution in [0.5, 0.6) is 23.0 Å². The fourth-order valence-electron chi connectivity index (χ4n) is 3.71. The first-order valence-corrected chi connectivity index (χ1v) is 9.58. The number of ether oxygens (including phenoxy) is 1. The maximum Gasteiger partial charge on any atom is 0.165 e. The summed E-state index contributed by atoms with van der Waals surface area (Å²) in [6.45, 7) is 0. The second kappa shape index (κ2) is 7.02. The number of benzene rings is 4. The van der Waals surface area contributed by atoms with Crippen LogP contribution in [0.2, 0.25) is 0 Å². The van der Waals surface area contributed by atoms with Crippen molar-refractivity contribution < 1.29 is 23.7 Å². The van der Waals surface area contributed by atoms with Gasteiger partial charge in [-0.15, -0.1) is 0 Å². The van der Waals surface area contributed by atoms with Gasteiger partial charge in [-0.2, -0.15) is 0 Å². The first-order valence-electron chi connectivity index (χ1n) is 9.58. The molecular formula is C25H17F2NO3. The van der Waals surface area contributed by atoms with E-state index < -0.39 is 23.1 Å². The third-order valence-corrected chi connectivity index (χ3v) is 5.42. The van der Waals surface area contributed by atoms with Crippen molar-refractivity contribution in [3.63, 3.8) is 0 Å². The molecule has 1 heterocycles. The number of hydrogen-bond donors (Lipinski definition) is 2. The summed E-state index contributed by atoms with van der Waals surface area (Å²) in [6, 6.07) is 19.6. The van der Waals surface area contributed by atoms with E-state index in [-0.39, 0.29) is 0 Å². The van der Waals surface area contributed by atoms with Crippen LogP contribution in [0, 0.1) is 11.6 Å². The molecule has 0 saturated heterocycles. The largest absolute Gasteiger partial charge is 0.505 e. The van der Waals surface area contributed by atoms with Crippen LogP contribution < -0.4 is 9.64 Å². The SMILES string of the molecule is CN1c2cc(-c3ccc(O)c(F)c3)ccc2Oc2ccc(-c3ccc(O)c(F)c3)cc21. The Morgan fingerprint density at radius 3 is 1.42 bits per heavy atom. The van der Waals surface area contributed by atoms with Crippen molar-refractivity contribution in [1.82, 2.24) is 0 Å². The van der Waals surface area contributed by atoms with Gasteiger partial charge in [0.15, 0.2) is 34.6 Å². The molecule has 0 atom stereocenters. The van der Waals surface area contributed by atoms with Crippen LogP contribution in [0.4, 0.5) is 20.2 Å². The van der Waals surface area contributed by atoms with E-state index in [9.17, 15) is 19.0 Å². The highest BCUT2D eigenvalue weighted by Crippen LogP contribution is 2.48. The van der Waals surface area contributed by atoms with Gasteiger partial charge in [0.2, 0.25) is 0 Å². The number of rotatable bonds is 2. The monoisotopic (exact) mass is 417 g/mol. The van der Waals surface area contributed by atoms with Crippen LogP contribution in [-0.2, 0) is 0 Å². The maximum atomic E-state index is 13.8. The molecule has 1 aliphatic rings. The molecule has 2 N–H and O–H groups in total. The molecule has 0 fully saturated rings. The van der Waals surface area contributed by atoms with Gasteiger partial charge in [0.05, 0.1) is 11.4 Å². The number of hydrogen-bond acceptors (Lipinski definition) is 4. The zero-order valence-electron chi connectivity index (χ0n) is 16.4. The summed E-state index contributed by atoms with van der Waals surface area (Å²) in [7, 11) is 1.89. The molecular weight excluding hydrogens is 400 g/mol. The molecule has 4 aromatic rings. The Labute approximate surface area is 177 Å². The number of anilines is 2. The second-order valence-corrected chi connectivity index (χ2v) is 7.36. The van der Waals surface area contributed by atoms with Gasteiger partial charge in [0.1, 0.15) is 0 Å². The van der Waals surface area contributed by atoms with Crippen molar-refractivity contribution in [2.45, 2.75) is 0 Å². The van der Waals surface area contributed by atoms with Crippen molar-refractivity contribution in [2.75, 3.05) is 11.9 Å². The van der Waals surface area contributed by atoms with E-state index in [1.807, 2.05) is 48.3 Å². The lowest BCUT2D eigenvalue weighted by Gasteiger charge is -2.30. The minimum Gasteiger partial charge on any atom is -0.505 e. The van der Waals surface area contributed by atoms with Gasteiger partial charge in [-0.25, -0.2) is 8.78 Å². The Bertz CT molecular complexity index is 1240. The number of nitrogens with zero attached hydrogens (tertiary/aromatic N) is 1. The van der Waals surface area contributed by atoms with Crippen LogP contribution in [0.3, 0.4) is 0 Å². The lowest BCUT2D eigenvalue weighted by molar-refractivity contribution is 0.432. The van der Waals surface area contributed by atoms with Crippen LogP contribution in [0.1, 0.15) is 0 Å². The van der Waals surface area contributed by atoms with Gasteiger partial charge in [0.25, 0.3) is 0 Å². The third-order valence-electron chi connectivity index (χ3n) is 5.42. The molecule has 6 heteroatoms. The van der Waals surface area contributed by atoms with Crippen molar-refractivity contribution in [3.05, 3.63) is 84.4 Å². The van der Waals surface area contributed by atoms with E-state index in [0.29, 0.717) is 22.6 Å². The van der Waals surface area contributed by atoms with E-state index >= 15 is 0 Å². The molecule has 0 saturated carbocycles. The van der Waals surface area contributed by atoms with Crippen molar-refractivity contribution in [1.29, 1.82) is 0 Å². The summed E-state index contributed by atoms with van der Waals surface area (Å²) in [5.74, 6) is -0.849. The summed E-state index contributed by atoms with van der Waals surface area (Å²) < 4.78 is 33.7. The zero-order chi connectivity index (χ0) is 21.7. The van der Waals surface area contributed by atoms with Crippen LogP contribution >= 0.6 is 0 Å². The molecule has 0 unspecified atom stereocenters. The summed E-state index contributed by atoms with van der Waals surface area (Å²) >= 11 is 0. The molecule has 0 spiro atoms. The molecule has 1 aliphatic heterocycles. The predicted molar refractivity (Wildman–Crippen MR) is 115 cm³/mol. The Balaban J connectivity index is 1.55. The summed E-state index contributed by atoms with van der Waals surface area (Å²) in [5.41, 5.74) is 4.37. The second-order valence-electron chi connectivity index (χ2n) is 7.36. The average molecular weight is 417 g/mol. The highest BCUT2D eigenvalue weighted by atomic mass is 19.1. The number of halogens is 2. The molecule has 4 nitrogen and oxygen atoms in total. The normalized spacial score (nSPS) is 12.2. The first kappa shape index (κ1) is 18.9. The molecule has 0 amide bonds. The van der Waals surface area contributed by atoms with Crippen molar-refractivity contribution in [3.8, 4) is 45.3 Å². The smallest absolute Gasteiger partial charge is 0.165 e. The van der Waals surface area contributed by atoms with Gasteiger partial charge in [-0.1, -0.05) is 24.3 Å². The highest BCUT2D eigenvalue weighted by Gasteiger charge is 2.23. The minimum absolute atomic E-state index is 0.394. The molecule has 4 aromatic carbocycles. The molecule has 0 radical (unpaired) electrons. The summed E-state index contributed by atoms with van der Waals surface area (Å²) in [5, 5.41) is 18.9. The van der Waals surface area contributed by atoms with Gasteiger partial charge < -0.3 is 19.8 Å². The Morgan fingerprint density at radius 2 is 1.00 bits per heavy atom. The number of aromatic hydroxyl groups is 2. The van der Waals surface area contributed by atoms with E-state index in [0.717, 1.165) is 22.5 Å². The van der Waals surface area contributed by atoms with E-state index in [1.165, 1.54) is 24.3 Å². The Hall–Kier alpha value is -4.06. The Kier molecular flexibility index (Phi) is 4.29. The standard InChI is InChI=1S/C25H17F2NO3/c1-28-20-12-16(14-2-6-22(29)18(26)10-14)4-8-24(20)31-25-9-5-17(13-21(25)28)15-3-7-23(30)19(27)11-15/h2-13,29-30H,1H3. The molecule has 154 valence electrons. The maximum absolute atomic E-state index is 13.8. The van der Waals surface area contributed by atoms with Crippen LogP contribution in [0.15, 0.2) is 72.8 Å². The first-order chi connectivity index (χ1) is 14.9. The van der Waals surface area contributed by atoms with Gasteiger partial charge in [-0.05, 0) is 70.8 Å². The Morgan fingerprint density at radius 1 is 0.613 bits per heavy atom.